The first-order valence-electron chi connectivity index (χ1n) is 17.8. The number of allylic oxidation sites excluding steroid dienone is 5. The van der Waals surface area contributed by atoms with E-state index in [2.05, 4.69) is 105 Å². The predicted molar refractivity (Wildman–Crippen MR) is 204 cm³/mol. The molecule has 0 unspecified atom stereocenters. The summed E-state index contributed by atoms with van der Waals surface area (Å²) in [7, 11) is 2.17. The summed E-state index contributed by atoms with van der Waals surface area (Å²) in [4.78, 5) is 2.36. The number of nitrogens with zero attached hydrogens (tertiary/aromatic N) is 1. The van der Waals surface area contributed by atoms with E-state index >= 15 is 0 Å². The van der Waals surface area contributed by atoms with Crippen molar-refractivity contribution in [1.29, 1.82) is 0 Å². The van der Waals surface area contributed by atoms with Crippen LogP contribution in [0.25, 0.3) is 11.1 Å². The summed E-state index contributed by atoms with van der Waals surface area (Å²) in [5.74, 6) is 2.17. The molecule has 0 saturated heterocycles. The molecule has 2 saturated carbocycles. The van der Waals surface area contributed by atoms with Crippen LogP contribution in [0.3, 0.4) is 0 Å². The Labute approximate surface area is 273 Å². The van der Waals surface area contributed by atoms with Crippen molar-refractivity contribution in [2.45, 2.75) is 154 Å². The van der Waals surface area contributed by atoms with Crippen LogP contribution in [0.2, 0.25) is 0 Å². The van der Waals surface area contributed by atoms with Gasteiger partial charge in [-0.1, -0.05) is 154 Å². The lowest BCUT2D eigenvalue weighted by atomic mass is 9.91. The molecule has 2 fully saturated rings. The fourth-order valence-corrected chi connectivity index (χ4v) is 4.69. The van der Waals surface area contributed by atoms with Gasteiger partial charge in [0.1, 0.15) is 0 Å². The number of benzene rings is 1. The molecule has 0 N–H and O–H groups in total. The second kappa shape index (κ2) is 30.2. The van der Waals surface area contributed by atoms with Gasteiger partial charge in [0, 0.05) is 0 Å². The minimum absolute atomic E-state index is 1.04. The number of hydrogen-bond acceptors (Lipinski definition) is 1. The summed E-state index contributed by atoms with van der Waals surface area (Å²) < 4.78 is 0. The molecular weight excluding hydrogens is 518 g/mol. The molecule has 1 aromatic carbocycles. The third-order valence-electron chi connectivity index (χ3n) is 7.36. The molecule has 1 aromatic rings. The molecule has 2 aliphatic carbocycles. The van der Waals surface area contributed by atoms with Crippen molar-refractivity contribution in [3.05, 3.63) is 71.8 Å². The van der Waals surface area contributed by atoms with Gasteiger partial charge in [0.2, 0.25) is 0 Å². The lowest BCUT2D eigenvalue weighted by Crippen LogP contribution is -2.19. The van der Waals surface area contributed by atoms with E-state index in [0.717, 1.165) is 23.8 Å². The Kier molecular flexibility index (Phi) is 32.0. The van der Waals surface area contributed by atoms with Crippen molar-refractivity contribution < 1.29 is 0 Å². The standard InChI is InChI=1S/C17H22.C7H17N.C7H14.C5H10.C4H8.C2H6/c1-7-14-9-10-16(15(8-2)12(3)4)17(11-14)13(5)6;1-4-6-8(3)7-5-2;1-7-5-3-2-4-6-7;1-2-5-3-4-5;1-4(2)3;1-2/h8-11H,2,5,7H2,1,3-4,6H3;4-7H2,1-3H3;7H,2-6H2,1H3;5H,2-4H2,1H3;1H2,2-3H3;1-2H3. The molecule has 2 aliphatic rings. The fraction of sp³-hybridized carbons (Fsp3) is 0.667. The summed E-state index contributed by atoms with van der Waals surface area (Å²) >= 11 is 0. The molecule has 0 amide bonds. The Balaban J connectivity index is -0.000000512. The first kappa shape index (κ1) is 45.6. The van der Waals surface area contributed by atoms with E-state index < -0.39 is 0 Å². The Bertz CT molecular complexity index is 847. The fourth-order valence-electron chi connectivity index (χ4n) is 4.69. The van der Waals surface area contributed by atoms with Gasteiger partial charge in [0.15, 0.2) is 0 Å². The third-order valence-corrected chi connectivity index (χ3v) is 7.36. The zero-order valence-electron chi connectivity index (χ0n) is 31.7. The van der Waals surface area contributed by atoms with Crippen LogP contribution >= 0.6 is 0 Å². The molecule has 0 aromatic heterocycles. The van der Waals surface area contributed by atoms with Gasteiger partial charge in [-0.15, -0.1) is 6.58 Å². The molecule has 1 heteroatoms. The van der Waals surface area contributed by atoms with Crippen molar-refractivity contribution in [2.24, 2.45) is 11.8 Å². The molecule has 0 heterocycles. The molecule has 0 radical (unpaired) electrons. The highest BCUT2D eigenvalue weighted by Gasteiger charge is 2.17. The average Bonchev–Trinajstić information content (AvgIpc) is 3.81. The molecule has 0 atom stereocenters. The van der Waals surface area contributed by atoms with E-state index in [1.54, 1.807) is 0 Å². The molecule has 1 nitrogen and oxygen atoms in total. The highest BCUT2D eigenvalue weighted by atomic mass is 15.1. The van der Waals surface area contributed by atoms with Gasteiger partial charge < -0.3 is 4.90 Å². The highest BCUT2D eigenvalue weighted by molar-refractivity contribution is 5.84. The van der Waals surface area contributed by atoms with Crippen molar-refractivity contribution in [3.63, 3.8) is 0 Å². The van der Waals surface area contributed by atoms with Gasteiger partial charge in [-0.05, 0) is 108 Å². The van der Waals surface area contributed by atoms with E-state index in [1.807, 2.05) is 33.8 Å². The molecule has 0 spiro atoms. The topological polar surface area (TPSA) is 3.24 Å². The maximum atomic E-state index is 4.08. The predicted octanol–water partition coefficient (Wildman–Crippen LogP) is 14.0. The van der Waals surface area contributed by atoms with Gasteiger partial charge in [-0.3, -0.25) is 0 Å². The Morgan fingerprint density at radius 3 is 1.56 bits per heavy atom. The van der Waals surface area contributed by atoms with Crippen LogP contribution in [0, 0.1) is 11.8 Å². The summed E-state index contributed by atoms with van der Waals surface area (Å²) in [6.45, 7) is 39.5. The molecule has 43 heavy (non-hydrogen) atoms. The first-order chi connectivity index (χ1) is 20.4. The summed E-state index contributed by atoms with van der Waals surface area (Å²) in [5.41, 5.74) is 8.60. The van der Waals surface area contributed by atoms with E-state index in [9.17, 15) is 0 Å². The number of hydrogen-bond donors (Lipinski definition) is 0. The smallest absolute Gasteiger partial charge is 0.00244 e. The minimum Gasteiger partial charge on any atom is -0.306 e. The number of rotatable bonds is 9. The Hall–Kier alpha value is -1.86. The van der Waals surface area contributed by atoms with Crippen LogP contribution in [0.4, 0.5) is 0 Å². The second-order valence-electron chi connectivity index (χ2n) is 12.7. The zero-order chi connectivity index (χ0) is 33.8. The SMILES string of the molecule is C=C(C)C.C=CC(=C(C)C)c1ccc(CC)cc1C(=C)C.CC.CC1CCCCC1.CCC1CC1.CCCN(C)CCC. The average molecular weight is 596 g/mol. The summed E-state index contributed by atoms with van der Waals surface area (Å²) in [6, 6.07) is 6.62. The molecule has 3 rings (SSSR count). The summed E-state index contributed by atoms with van der Waals surface area (Å²) in [5, 5.41) is 0. The highest BCUT2D eigenvalue weighted by Crippen LogP contribution is 2.31. The lowest BCUT2D eigenvalue weighted by molar-refractivity contribution is 0.335. The molecule has 0 aliphatic heterocycles. The van der Waals surface area contributed by atoms with Crippen molar-refractivity contribution in [3.8, 4) is 0 Å². The minimum atomic E-state index is 1.04. The van der Waals surface area contributed by atoms with Gasteiger partial charge in [-0.25, -0.2) is 0 Å². The van der Waals surface area contributed by atoms with Crippen LogP contribution in [-0.4, -0.2) is 25.0 Å². The maximum absolute atomic E-state index is 4.08. The van der Waals surface area contributed by atoms with E-state index in [4.69, 9.17) is 0 Å². The maximum Gasteiger partial charge on any atom is -0.00244 e. The molecule has 0 bridgehead atoms. The van der Waals surface area contributed by atoms with Gasteiger partial charge in [0.25, 0.3) is 0 Å². The van der Waals surface area contributed by atoms with Crippen molar-refractivity contribution in [1.82, 2.24) is 4.90 Å². The third kappa shape index (κ3) is 27.4. The van der Waals surface area contributed by atoms with Gasteiger partial charge in [0.05, 0.1) is 0 Å². The van der Waals surface area contributed by atoms with Crippen LogP contribution in [-0.2, 0) is 6.42 Å². The van der Waals surface area contributed by atoms with Gasteiger partial charge in [-0.2, -0.15) is 0 Å². The summed E-state index contributed by atoms with van der Waals surface area (Å²) in [6.07, 6.45) is 17.4. The van der Waals surface area contributed by atoms with Crippen molar-refractivity contribution in [2.75, 3.05) is 20.1 Å². The van der Waals surface area contributed by atoms with Crippen LogP contribution in [0.5, 0.6) is 0 Å². The van der Waals surface area contributed by atoms with E-state index in [0.29, 0.717) is 0 Å². The molecule has 250 valence electrons. The normalized spacial score (nSPS) is 13.4. The first-order valence-corrected chi connectivity index (χ1v) is 17.8. The molecular formula is C42H77N. The van der Waals surface area contributed by atoms with Crippen LogP contribution < -0.4 is 0 Å². The van der Waals surface area contributed by atoms with Gasteiger partial charge >= 0.3 is 0 Å². The van der Waals surface area contributed by atoms with Crippen LogP contribution in [0.15, 0.2) is 55.2 Å². The monoisotopic (exact) mass is 596 g/mol. The second-order valence-corrected chi connectivity index (χ2v) is 12.7. The number of aryl methyl sites for hydroxylation is 1. The van der Waals surface area contributed by atoms with E-state index in [-0.39, 0.29) is 0 Å². The van der Waals surface area contributed by atoms with Crippen LogP contribution in [0.1, 0.15) is 164 Å². The lowest BCUT2D eigenvalue weighted by Gasteiger charge is -2.15. The van der Waals surface area contributed by atoms with Crippen molar-refractivity contribution >= 4 is 11.1 Å². The quantitative estimate of drug-likeness (QED) is 0.203. The zero-order valence-corrected chi connectivity index (χ0v) is 31.7. The Morgan fingerprint density at radius 2 is 1.30 bits per heavy atom. The largest absolute Gasteiger partial charge is 0.306 e. The van der Waals surface area contributed by atoms with E-state index in [1.165, 1.54) is 111 Å². The Morgan fingerprint density at radius 1 is 0.814 bits per heavy atom.